The van der Waals surface area contributed by atoms with Gasteiger partial charge in [-0.05, 0) is 36.9 Å². The number of carbonyl (C=O) groups is 3. The Hall–Kier alpha value is -1.81. The van der Waals surface area contributed by atoms with Crippen LogP contribution in [0.15, 0.2) is 0 Å². The van der Waals surface area contributed by atoms with E-state index in [0.29, 0.717) is 21.9 Å². The molecule has 0 fully saturated rings. The number of aromatic amines is 1. The number of anilines is 1. The Morgan fingerprint density at radius 1 is 1.04 bits per heavy atom. The number of amides is 3. The predicted octanol–water partition coefficient (Wildman–Crippen LogP) is 2.22. The fourth-order valence-corrected chi connectivity index (χ4v) is 3.19. The molecule has 2 atom stereocenters. The molecule has 0 bridgehead atoms. The molecule has 1 heterocycles. The maximum atomic E-state index is 12.6. The molecule has 0 aromatic carbocycles. The number of hydrogen-bond donors (Lipinski definition) is 4. The first kappa shape index (κ1) is 22.2. The van der Waals surface area contributed by atoms with Crippen molar-refractivity contribution in [2.75, 3.05) is 5.32 Å². The molecule has 0 aliphatic rings. The summed E-state index contributed by atoms with van der Waals surface area (Å²) in [5, 5.41) is 14.9. The number of rotatable bonds is 9. The zero-order chi connectivity index (χ0) is 19.9. The molecule has 0 unspecified atom stereocenters. The third kappa shape index (κ3) is 8.05. The number of hydrogen-bond acceptors (Lipinski definition) is 6. The van der Waals surface area contributed by atoms with Crippen LogP contribution < -0.4 is 16.0 Å². The van der Waals surface area contributed by atoms with E-state index in [1.807, 2.05) is 27.7 Å². The molecule has 1 aromatic rings. The monoisotopic (exact) mass is 401 g/mol. The van der Waals surface area contributed by atoms with Crippen LogP contribution in [0.1, 0.15) is 47.5 Å². The van der Waals surface area contributed by atoms with Gasteiger partial charge < -0.3 is 10.6 Å². The van der Waals surface area contributed by atoms with Gasteiger partial charge in [0.25, 0.3) is 0 Å². The minimum atomic E-state index is -0.733. The van der Waals surface area contributed by atoms with Crippen molar-refractivity contribution in [1.29, 1.82) is 0 Å². The zero-order valence-corrected chi connectivity index (χ0v) is 17.3. The van der Waals surface area contributed by atoms with Gasteiger partial charge in [-0.15, -0.1) is 5.10 Å². The summed E-state index contributed by atoms with van der Waals surface area (Å²) in [5.41, 5.74) is 0. The maximum absolute atomic E-state index is 12.6. The average molecular weight is 402 g/mol. The van der Waals surface area contributed by atoms with Crippen molar-refractivity contribution in [1.82, 2.24) is 20.8 Å². The molecule has 10 heteroatoms. The highest BCUT2D eigenvalue weighted by Gasteiger charge is 2.27. The Labute approximate surface area is 162 Å². The molecule has 26 heavy (non-hydrogen) atoms. The molecule has 0 saturated carbocycles. The van der Waals surface area contributed by atoms with Crippen molar-refractivity contribution in [3.05, 3.63) is 3.95 Å². The van der Waals surface area contributed by atoms with Gasteiger partial charge in [0.1, 0.15) is 12.1 Å². The van der Waals surface area contributed by atoms with Gasteiger partial charge in [-0.2, -0.15) is 0 Å². The van der Waals surface area contributed by atoms with Crippen molar-refractivity contribution < 1.29 is 14.4 Å². The van der Waals surface area contributed by atoms with Crippen LogP contribution in [0.5, 0.6) is 0 Å². The van der Waals surface area contributed by atoms with E-state index in [2.05, 4.69) is 26.1 Å². The summed E-state index contributed by atoms with van der Waals surface area (Å²) in [6.07, 6.45) is 0.948. The SMILES string of the molecule is CC(=O)N[C@@H](CC(C)C)C(=O)N[C@@H](CC(C)C)C(=O)Nc1n[nH]c(=S)s1. The van der Waals surface area contributed by atoms with Crippen LogP contribution in [0.3, 0.4) is 0 Å². The highest BCUT2D eigenvalue weighted by Crippen LogP contribution is 2.14. The van der Waals surface area contributed by atoms with Gasteiger partial charge in [0, 0.05) is 6.92 Å². The fourth-order valence-electron chi connectivity index (χ4n) is 2.40. The molecule has 0 aliphatic carbocycles. The van der Waals surface area contributed by atoms with E-state index in [1.165, 1.54) is 6.92 Å². The Morgan fingerprint density at radius 2 is 1.58 bits per heavy atom. The molecular formula is C16H27N5O3S2. The average Bonchev–Trinajstić information content (AvgIpc) is 2.89. The van der Waals surface area contributed by atoms with Crippen LogP contribution in [0.4, 0.5) is 5.13 Å². The van der Waals surface area contributed by atoms with Crippen LogP contribution in [0.2, 0.25) is 0 Å². The van der Waals surface area contributed by atoms with Crippen molar-refractivity contribution in [2.24, 2.45) is 11.8 Å². The first-order chi connectivity index (χ1) is 12.1. The number of H-pyrrole nitrogens is 1. The Morgan fingerprint density at radius 3 is 2.00 bits per heavy atom. The molecule has 0 saturated heterocycles. The second-order valence-electron chi connectivity index (χ2n) is 6.98. The Balaban J connectivity index is 2.85. The van der Waals surface area contributed by atoms with Crippen LogP contribution in [-0.2, 0) is 14.4 Å². The van der Waals surface area contributed by atoms with E-state index in [4.69, 9.17) is 12.2 Å². The van der Waals surface area contributed by atoms with Gasteiger partial charge in [0.05, 0.1) is 0 Å². The largest absolute Gasteiger partial charge is 0.345 e. The lowest BCUT2D eigenvalue weighted by Crippen LogP contribution is -2.53. The topological polar surface area (TPSA) is 116 Å². The summed E-state index contributed by atoms with van der Waals surface area (Å²) >= 11 is 6.09. The van der Waals surface area contributed by atoms with Gasteiger partial charge in [0.15, 0.2) is 3.95 Å². The highest BCUT2D eigenvalue weighted by atomic mass is 32.1. The minimum Gasteiger partial charge on any atom is -0.345 e. The van der Waals surface area contributed by atoms with E-state index in [9.17, 15) is 14.4 Å². The zero-order valence-electron chi connectivity index (χ0n) is 15.7. The van der Waals surface area contributed by atoms with Crippen molar-refractivity contribution in [3.63, 3.8) is 0 Å². The van der Waals surface area contributed by atoms with E-state index < -0.39 is 12.1 Å². The van der Waals surface area contributed by atoms with Crippen molar-refractivity contribution >= 4 is 46.4 Å². The van der Waals surface area contributed by atoms with Crippen LogP contribution >= 0.6 is 23.6 Å². The van der Waals surface area contributed by atoms with Gasteiger partial charge in [-0.3, -0.25) is 24.8 Å². The third-order valence-electron chi connectivity index (χ3n) is 3.41. The van der Waals surface area contributed by atoms with Crippen LogP contribution in [-0.4, -0.2) is 40.0 Å². The molecule has 8 nitrogen and oxygen atoms in total. The van der Waals surface area contributed by atoms with Crippen LogP contribution in [0, 0.1) is 15.8 Å². The minimum absolute atomic E-state index is 0.188. The summed E-state index contributed by atoms with van der Waals surface area (Å²) in [4.78, 5) is 36.6. The second kappa shape index (κ2) is 10.4. The molecule has 3 amide bonds. The summed E-state index contributed by atoms with van der Waals surface area (Å²) in [7, 11) is 0. The lowest BCUT2D eigenvalue weighted by Gasteiger charge is -2.24. The Kier molecular flexibility index (Phi) is 8.86. The summed E-state index contributed by atoms with van der Waals surface area (Å²) < 4.78 is 0.451. The molecule has 4 N–H and O–H groups in total. The smallest absolute Gasteiger partial charge is 0.248 e. The van der Waals surface area contributed by atoms with Gasteiger partial charge >= 0.3 is 0 Å². The maximum Gasteiger partial charge on any atom is 0.248 e. The molecule has 1 rings (SSSR count). The van der Waals surface area contributed by atoms with E-state index in [0.717, 1.165) is 11.3 Å². The normalized spacial score (nSPS) is 13.3. The summed E-state index contributed by atoms with van der Waals surface area (Å²) in [6, 6.07) is -1.41. The first-order valence-corrected chi connectivity index (χ1v) is 9.74. The number of carbonyl (C=O) groups excluding carboxylic acids is 3. The molecule has 1 aromatic heterocycles. The number of aromatic nitrogens is 2. The van der Waals surface area contributed by atoms with E-state index in [1.54, 1.807) is 0 Å². The fraction of sp³-hybridized carbons (Fsp3) is 0.688. The molecule has 0 aliphatic heterocycles. The first-order valence-electron chi connectivity index (χ1n) is 8.52. The summed E-state index contributed by atoms with van der Waals surface area (Å²) in [5.74, 6) is -0.619. The highest BCUT2D eigenvalue weighted by molar-refractivity contribution is 7.73. The number of nitrogens with zero attached hydrogens (tertiary/aromatic N) is 1. The second-order valence-corrected chi connectivity index (χ2v) is 8.65. The quantitative estimate of drug-likeness (QED) is 0.474. The standard InChI is InChI=1S/C16H27N5O3S2/c1-8(2)6-11(17-10(5)22)13(23)18-12(7-9(3)4)14(24)19-15-20-21-16(25)26-15/h8-9,11-12H,6-7H2,1-5H3,(H,17,22)(H,18,23)(H,21,25)(H,19,20,24)/t11-,12-/m0/s1. The molecular weight excluding hydrogens is 374 g/mol. The molecule has 0 spiro atoms. The Bertz CT molecular complexity index is 683. The van der Waals surface area contributed by atoms with Crippen molar-refractivity contribution in [3.8, 4) is 0 Å². The summed E-state index contributed by atoms with van der Waals surface area (Å²) in [6.45, 7) is 9.22. The van der Waals surface area contributed by atoms with Gasteiger partial charge in [0.2, 0.25) is 22.9 Å². The predicted molar refractivity (Wildman–Crippen MR) is 104 cm³/mol. The lowest BCUT2D eigenvalue weighted by atomic mass is 10.00. The lowest BCUT2D eigenvalue weighted by molar-refractivity contribution is -0.131. The van der Waals surface area contributed by atoms with E-state index >= 15 is 0 Å². The molecule has 0 radical (unpaired) electrons. The van der Waals surface area contributed by atoms with Crippen molar-refractivity contribution in [2.45, 2.75) is 59.5 Å². The van der Waals surface area contributed by atoms with E-state index in [-0.39, 0.29) is 29.6 Å². The van der Waals surface area contributed by atoms with Gasteiger partial charge in [-0.25, -0.2) is 0 Å². The van der Waals surface area contributed by atoms with Gasteiger partial charge in [-0.1, -0.05) is 39.0 Å². The van der Waals surface area contributed by atoms with Crippen LogP contribution in [0.25, 0.3) is 0 Å². The third-order valence-corrected chi connectivity index (χ3v) is 4.41. The number of nitrogens with one attached hydrogen (secondary N) is 4. The molecule has 146 valence electrons.